The van der Waals surface area contributed by atoms with Crippen LogP contribution in [0.2, 0.25) is 0 Å². The van der Waals surface area contributed by atoms with Gasteiger partial charge in [0.05, 0.1) is 31.5 Å². The molecule has 20 atom stereocenters. The van der Waals surface area contributed by atoms with E-state index < -0.39 is 68.0 Å². The van der Waals surface area contributed by atoms with Crippen LogP contribution in [0.3, 0.4) is 0 Å². The summed E-state index contributed by atoms with van der Waals surface area (Å²) in [6.45, 7) is 9.05. The molecule has 4 aliphatic carbocycles. The van der Waals surface area contributed by atoms with Gasteiger partial charge in [-0.05, 0) is 98.7 Å². The summed E-state index contributed by atoms with van der Waals surface area (Å²) in [6, 6.07) is 0. The van der Waals surface area contributed by atoms with Gasteiger partial charge in [-0.15, -0.1) is 0 Å². The van der Waals surface area contributed by atoms with Crippen LogP contribution in [-0.2, 0) is 28.4 Å². The number of aliphatic hydroxyl groups excluding tert-OH is 6. The van der Waals surface area contributed by atoms with E-state index in [0.29, 0.717) is 42.1 Å². The van der Waals surface area contributed by atoms with Crippen molar-refractivity contribution in [2.45, 2.75) is 171 Å². The van der Waals surface area contributed by atoms with Crippen LogP contribution >= 0.6 is 0 Å². The molecule has 12 heteroatoms. The van der Waals surface area contributed by atoms with Gasteiger partial charge < -0.3 is 59.1 Å². The quantitative estimate of drug-likeness (QED) is 0.230. The maximum absolute atomic E-state index is 11.4. The zero-order valence-electron chi connectivity index (χ0n) is 30.0. The number of ether oxygens (including phenoxy) is 6. The van der Waals surface area contributed by atoms with Gasteiger partial charge in [-0.25, -0.2) is 0 Å². The Morgan fingerprint density at radius 1 is 0.820 bits per heavy atom. The molecule has 6 N–H and O–H groups in total. The largest absolute Gasteiger partial charge is 0.394 e. The second-order valence-corrected chi connectivity index (χ2v) is 17.9. The molecule has 0 aromatic carbocycles. The minimum atomic E-state index is -1.62. The first-order valence-electron chi connectivity index (χ1n) is 19.4. The normalized spacial score (nSPS) is 57.8. The van der Waals surface area contributed by atoms with Gasteiger partial charge in [0.25, 0.3) is 0 Å². The van der Waals surface area contributed by atoms with E-state index in [1.807, 2.05) is 0 Å². The Morgan fingerprint density at radius 3 is 2.34 bits per heavy atom. The third-order valence-corrected chi connectivity index (χ3v) is 15.1. The Morgan fingerprint density at radius 2 is 1.60 bits per heavy atom. The molecule has 4 aliphatic heterocycles. The molecule has 50 heavy (non-hydrogen) atoms. The zero-order valence-corrected chi connectivity index (χ0v) is 30.0. The number of rotatable bonds is 5. The lowest BCUT2D eigenvalue weighted by atomic mass is 9.47. The zero-order chi connectivity index (χ0) is 35.3. The fourth-order valence-corrected chi connectivity index (χ4v) is 12.0. The Kier molecular flexibility index (Phi) is 9.59. The van der Waals surface area contributed by atoms with E-state index in [-0.39, 0.29) is 22.7 Å². The van der Waals surface area contributed by atoms with Gasteiger partial charge in [0, 0.05) is 12.8 Å². The van der Waals surface area contributed by atoms with E-state index in [2.05, 4.69) is 26.8 Å². The molecule has 8 rings (SSSR count). The van der Waals surface area contributed by atoms with Crippen LogP contribution in [0.5, 0.6) is 0 Å². The van der Waals surface area contributed by atoms with Crippen molar-refractivity contribution in [1.29, 1.82) is 0 Å². The Labute approximate surface area is 295 Å². The SMILES string of the molecule is CC1CCC2(CC3C(CC4C5CC=C6CC(OC7OC(CO)C(O)C(OC8OC(C)C(O)C(O)C8O)C7O)CCC6(C)C5CCC34C)O2)OC1. The summed E-state index contributed by atoms with van der Waals surface area (Å²) in [6.07, 6.45) is -0.512. The Bertz CT molecular complexity index is 1270. The summed E-state index contributed by atoms with van der Waals surface area (Å²) in [5.74, 6) is 2.69. The molecule has 3 saturated carbocycles. The number of hydrogen-bond acceptors (Lipinski definition) is 12. The first kappa shape index (κ1) is 36.2. The summed E-state index contributed by atoms with van der Waals surface area (Å²) >= 11 is 0. The summed E-state index contributed by atoms with van der Waals surface area (Å²) in [5, 5.41) is 63.2. The van der Waals surface area contributed by atoms with Crippen molar-refractivity contribution in [2.75, 3.05) is 13.2 Å². The average Bonchev–Trinajstić information content (AvgIpc) is 3.59. The van der Waals surface area contributed by atoms with Gasteiger partial charge in [-0.3, -0.25) is 0 Å². The first-order valence-corrected chi connectivity index (χ1v) is 19.4. The number of allylic oxidation sites excluding steroid dienone is 1. The maximum Gasteiger partial charge on any atom is 0.187 e. The third kappa shape index (κ3) is 5.78. The molecule has 0 bridgehead atoms. The van der Waals surface area contributed by atoms with Gasteiger partial charge in [-0.2, -0.15) is 0 Å². The molecule has 0 radical (unpaired) electrons. The monoisotopic (exact) mass is 708 g/mol. The highest BCUT2D eigenvalue weighted by Gasteiger charge is 2.66. The molecular formula is C38H60O12. The molecule has 12 nitrogen and oxygen atoms in total. The maximum atomic E-state index is 11.4. The van der Waals surface area contributed by atoms with Crippen LogP contribution in [0.4, 0.5) is 0 Å². The number of hydrogen-bond donors (Lipinski definition) is 6. The van der Waals surface area contributed by atoms with Gasteiger partial charge in [-0.1, -0.05) is 32.4 Å². The fraction of sp³-hybridized carbons (Fsp3) is 0.947. The predicted molar refractivity (Wildman–Crippen MR) is 177 cm³/mol. The van der Waals surface area contributed by atoms with Crippen molar-refractivity contribution in [1.82, 2.24) is 0 Å². The summed E-state index contributed by atoms with van der Waals surface area (Å²) in [5.41, 5.74) is 1.76. The third-order valence-electron chi connectivity index (χ3n) is 15.1. The van der Waals surface area contributed by atoms with Crippen molar-refractivity contribution in [2.24, 2.45) is 40.4 Å². The lowest BCUT2D eigenvalue weighted by Crippen LogP contribution is -2.64. The smallest absolute Gasteiger partial charge is 0.187 e. The lowest BCUT2D eigenvalue weighted by Gasteiger charge is -2.58. The highest BCUT2D eigenvalue weighted by atomic mass is 16.7. The van der Waals surface area contributed by atoms with Gasteiger partial charge >= 0.3 is 0 Å². The highest BCUT2D eigenvalue weighted by Crippen LogP contribution is 2.69. The van der Waals surface area contributed by atoms with Crippen molar-refractivity contribution in [3.63, 3.8) is 0 Å². The molecular weight excluding hydrogens is 648 g/mol. The van der Waals surface area contributed by atoms with E-state index in [0.717, 1.165) is 45.1 Å². The van der Waals surface area contributed by atoms with Gasteiger partial charge in [0.2, 0.25) is 0 Å². The highest BCUT2D eigenvalue weighted by molar-refractivity contribution is 5.26. The van der Waals surface area contributed by atoms with Crippen molar-refractivity contribution < 1.29 is 59.1 Å². The standard InChI is InChI=1S/C38H60O12/c1-18-7-12-38(45-17-18)15-25-26(50-38)14-24-22-6-5-20-13-21(8-10-36(20,3)23(22)9-11-37(24,25)4)47-35-32(44)33(29(41)27(16-39)48-35)49-34-31(43)30(42)28(40)19(2)46-34/h5,18-19,21-35,39-44H,6-17H2,1-4H3. The summed E-state index contributed by atoms with van der Waals surface area (Å²) in [7, 11) is 0. The minimum Gasteiger partial charge on any atom is -0.394 e. The molecule has 8 aliphatic rings. The van der Waals surface area contributed by atoms with Crippen LogP contribution in [0, 0.1) is 40.4 Å². The van der Waals surface area contributed by atoms with Gasteiger partial charge in [0.1, 0.15) is 42.7 Å². The fourth-order valence-electron chi connectivity index (χ4n) is 12.0. The molecule has 0 aromatic heterocycles. The average molecular weight is 709 g/mol. The van der Waals surface area contributed by atoms with Gasteiger partial charge in [0.15, 0.2) is 18.4 Å². The van der Waals surface area contributed by atoms with E-state index in [9.17, 15) is 30.6 Å². The molecule has 0 aromatic rings. The molecule has 7 fully saturated rings. The summed E-state index contributed by atoms with van der Waals surface area (Å²) in [4.78, 5) is 0. The van der Waals surface area contributed by atoms with Crippen LogP contribution in [-0.4, -0.2) is 123 Å². The lowest BCUT2D eigenvalue weighted by molar-refractivity contribution is -0.361. The summed E-state index contributed by atoms with van der Waals surface area (Å²) < 4.78 is 36.9. The molecule has 0 amide bonds. The van der Waals surface area contributed by atoms with E-state index in [4.69, 9.17) is 28.4 Å². The molecule has 1 spiro atoms. The van der Waals surface area contributed by atoms with E-state index >= 15 is 0 Å². The van der Waals surface area contributed by atoms with E-state index in [1.54, 1.807) is 0 Å². The minimum absolute atomic E-state index is 0.0740. The topological polar surface area (TPSA) is 177 Å². The predicted octanol–water partition coefficient (Wildman–Crippen LogP) is 2.14. The first-order chi connectivity index (χ1) is 23.8. The van der Waals surface area contributed by atoms with Crippen LogP contribution < -0.4 is 0 Å². The Balaban J connectivity index is 0.930. The van der Waals surface area contributed by atoms with Crippen LogP contribution in [0.15, 0.2) is 11.6 Å². The molecule has 284 valence electrons. The number of fused-ring (bicyclic) bond motifs is 7. The van der Waals surface area contributed by atoms with Crippen molar-refractivity contribution in [3.05, 3.63) is 11.6 Å². The number of aliphatic hydroxyl groups is 6. The van der Waals surface area contributed by atoms with Crippen LogP contribution in [0.1, 0.15) is 91.9 Å². The second kappa shape index (κ2) is 13.2. The molecule has 4 heterocycles. The molecule has 4 saturated heterocycles. The van der Waals surface area contributed by atoms with Crippen molar-refractivity contribution >= 4 is 0 Å². The second-order valence-electron chi connectivity index (χ2n) is 17.9. The van der Waals surface area contributed by atoms with Crippen LogP contribution in [0.25, 0.3) is 0 Å². The van der Waals surface area contributed by atoms with E-state index in [1.165, 1.54) is 31.8 Å². The Hall–Kier alpha value is -0.740. The van der Waals surface area contributed by atoms with Crippen molar-refractivity contribution in [3.8, 4) is 0 Å². The molecule has 20 unspecified atom stereocenters.